The Morgan fingerprint density at radius 1 is 1.20 bits per heavy atom. The third-order valence-corrected chi connectivity index (χ3v) is 5.09. The van der Waals surface area contributed by atoms with Crippen LogP contribution < -0.4 is 16.0 Å². The quantitative estimate of drug-likeness (QED) is 0.639. The fourth-order valence-electron chi connectivity index (χ4n) is 3.51. The largest absolute Gasteiger partial charge is 0.490 e. The molecule has 3 N–H and O–H groups in total. The number of rotatable bonds is 5. The number of hydrazine groups is 1. The van der Waals surface area contributed by atoms with Crippen LogP contribution in [0.25, 0.3) is 0 Å². The molecule has 0 aliphatic heterocycles. The van der Waals surface area contributed by atoms with E-state index in [1.807, 2.05) is 25.1 Å². The van der Waals surface area contributed by atoms with E-state index in [0.717, 1.165) is 42.6 Å². The molecule has 1 saturated carbocycles. The van der Waals surface area contributed by atoms with Crippen LogP contribution in [0.1, 0.15) is 36.8 Å². The maximum atomic E-state index is 13.2. The van der Waals surface area contributed by atoms with Crippen LogP contribution in [0.4, 0.5) is 10.2 Å². The number of hydrogen-bond acceptors (Lipinski definition) is 5. The molecule has 3 rings (SSSR count). The van der Waals surface area contributed by atoms with Gasteiger partial charge >= 0.3 is 0 Å². The molecule has 1 aromatic heterocycles. The van der Waals surface area contributed by atoms with Gasteiger partial charge < -0.3 is 14.9 Å². The van der Waals surface area contributed by atoms with Gasteiger partial charge in [0.05, 0.1) is 11.7 Å². The average molecular weight is 345 g/mol. The van der Waals surface area contributed by atoms with Gasteiger partial charge in [0.25, 0.3) is 0 Å². The zero-order valence-electron chi connectivity index (χ0n) is 14.6. The molecule has 1 aliphatic carbocycles. The zero-order chi connectivity index (χ0) is 17.9. The number of nitrogens with one attached hydrogen (secondary N) is 1. The summed E-state index contributed by atoms with van der Waals surface area (Å²) >= 11 is 0. The highest BCUT2D eigenvalue weighted by molar-refractivity contribution is 5.49. The Balaban J connectivity index is 1.69. The Morgan fingerprint density at radius 2 is 1.88 bits per heavy atom. The van der Waals surface area contributed by atoms with E-state index >= 15 is 0 Å². The molecule has 0 saturated heterocycles. The number of nitrogens with zero attached hydrogens (tertiary/aromatic N) is 1. The molecule has 2 aromatic rings. The lowest BCUT2D eigenvalue weighted by Crippen LogP contribution is -2.37. The van der Waals surface area contributed by atoms with Crippen molar-refractivity contribution in [1.29, 1.82) is 0 Å². The second-order valence-corrected chi connectivity index (χ2v) is 6.45. The molecule has 0 radical (unpaired) electrons. The third kappa shape index (κ3) is 3.60. The second kappa shape index (κ2) is 7.37. The number of aromatic nitrogens is 1. The number of nitrogen functional groups attached to an aromatic ring is 1. The van der Waals surface area contributed by atoms with Gasteiger partial charge in [-0.15, -0.1) is 0 Å². The SMILES string of the molecule is CO[C@]1(c2ccc(F)cc2)CC[C@H](Oc2ccnc(NN)c2C)CC1. The topological polar surface area (TPSA) is 69.4 Å². The van der Waals surface area contributed by atoms with Gasteiger partial charge in [0.2, 0.25) is 0 Å². The van der Waals surface area contributed by atoms with E-state index in [9.17, 15) is 4.39 Å². The first-order chi connectivity index (χ1) is 12.1. The van der Waals surface area contributed by atoms with Gasteiger partial charge in [-0.1, -0.05) is 12.1 Å². The monoisotopic (exact) mass is 345 g/mol. The first-order valence-electron chi connectivity index (χ1n) is 8.48. The van der Waals surface area contributed by atoms with Gasteiger partial charge in [0.15, 0.2) is 0 Å². The standard InChI is InChI=1S/C19H24FN3O2/c1-13-17(9-12-22-18(13)23-21)25-16-7-10-19(24-2,11-8-16)14-3-5-15(20)6-4-14/h3-6,9,12,16H,7-8,10-11,21H2,1-2H3,(H,22,23)/t16-,19+. The van der Waals surface area contributed by atoms with E-state index in [2.05, 4.69) is 10.4 Å². The van der Waals surface area contributed by atoms with E-state index in [4.69, 9.17) is 15.3 Å². The molecule has 5 nitrogen and oxygen atoms in total. The summed E-state index contributed by atoms with van der Waals surface area (Å²) < 4.78 is 25.2. The smallest absolute Gasteiger partial charge is 0.146 e. The number of methoxy groups -OCH3 is 1. The normalized spacial score (nSPS) is 23.3. The van der Waals surface area contributed by atoms with Crippen LogP contribution in [0.15, 0.2) is 36.5 Å². The number of benzene rings is 1. The summed E-state index contributed by atoms with van der Waals surface area (Å²) in [6.45, 7) is 1.93. The van der Waals surface area contributed by atoms with Crippen molar-refractivity contribution in [1.82, 2.24) is 4.98 Å². The molecule has 1 heterocycles. The lowest BCUT2D eigenvalue weighted by Gasteiger charge is -2.39. The number of halogens is 1. The number of nitrogens with two attached hydrogens (primary N) is 1. The highest BCUT2D eigenvalue weighted by Crippen LogP contribution is 2.41. The van der Waals surface area contributed by atoms with Gasteiger partial charge in [0, 0.05) is 18.9 Å². The molecule has 0 bridgehead atoms. The summed E-state index contributed by atoms with van der Waals surface area (Å²) in [7, 11) is 1.72. The van der Waals surface area contributed by atoms with Crippen LogP contribution >= 0.6 is 0 Å². The fraction of sp³-hybridized carbons (Fsp3) is 0.421. The number of anilines is 1. The van der Waals surface area contributed by atoms with E-state index < -0.39 is 0 Å². The van der Waals surface area contributed by atoms with Crippen molar-refractivity contribution in [2.75, 3.05) is 12.5 Å². The number of pyridine rings is 1. The first-order valence-corrected chi connectivity index (χ1v) is 8.48. The molecule has 0 amide bonds. The Morgan fingerprint density at radius 3 is 2.48 bits per heavy atom. The molecule has 0 unspecified atom stereocenters. The Bertz CT molecular complexity index is 713. The summed E-state index contributed by atoms with van der Waals surface area (Å²) in [6, 6.07) is 8.45. The summed E-state index contributed by atoms with van der Waals surface area (Å²) in [5.74, 6) is 6.65. The molecule has 1 fully saturated rings. The Kier molecular flexibility index (Phi) is 5.20. The van der Waals surface area contributed by atoms with Crippen LogP contribution in [0.3, 0.4) is 0 Å². The highest BCUT2D eigenvalue weighted by Gasteiger charge is 2.37. The van der Waals surface area contributed by atoms with E-state index in [1.54, 1.807) is 13.3 Å². The van der Waals surface area contributed by atoms with Crippen molar-refractivity contribution < 1.29 is 13.9 Å². The maximum Gasteiger partial charge on any atom is 0.146 e. The predicted octanol–water partition coefficient (Wildman–Crippen LogP) is 3.68. The minimum atomic E-state index is -0.370. The van der Waals surface area contributed by atoms with Crippen molar-refractivity contribution in [3.63, 3.8) is 0 Å². The van der Waals surface area contributed by atoms with Crippen LogP contribution in [0.5, 0.6) is 5.75 Å². The van der Waals surface area contributed by atoms with Crippen LogP contribution in [0, 0.1) is 12.7 Å². The molecular weight excluding hydrogens is 321 g/mol. The predicted molar refractivity (Wildman–Crippen MR) is 94.8 cm³/mol. The molecule has 134 valence electrons. The van der Waals surface area contributed by atoms with Crippen molar-refractivity contribution in [3.05, 3.63) is 53.5 Å². The minimum Gasteiger partial charge on any atom is -0.490 e. The van der Waals surface area contributed by atoms with Gasteiger partial charge in [-0.05, 0) is 56.4 Å². The summed E-state index contributed by atoms with van der Waals surface area (Å²) in [4.78, 5) is 4.17. The van der Waals surface area contributed by atoms with Crippen molar-refractivity contribution in [3.8, 4) is 5.75 Å². The van der Waals surface area contributed by atoms with Crippen molar-refractivity contribution in [2.24, 2.45) is 5.84 Å². The van der Waals surface area contributed by atoms with Crippen LogP contribution in [0.2, 0.25) is 0 Å². The zero-order valence-corrected chi connectivity index (χ0v) is 14.6. The molecule has 1 aromatic carbocycles. The second-order valence-electron chi connectivity index (χ2n) is 6.45. The van der Waals surface area contributed by atoms with E-state index in [-0.39, 0.29) is 17.5 Å². The molecule has 6 heteroatoms. The number of hydrogen-bond donors (Lipinski definition) is 2. The van der Waals surface area contributed by atoms with Gasteiger partial charge in [0.1, 0.15) is 17.4 Å². The van der Waals surface area contributed by atoms with E-state index in [0.29, 0.717) is 5.82 Å². The summed E-state index contributed by atoms with van der Waals surface area (Å²) in [5, 5.41) is 0. The number of ether oxygens (including phenoxy) is 2. The molecule has 0 spiro atoms. The fourth-order valence-corrected chi connectivity index (χ4v) is 3.51. The molecule has 0 atom stereocenters. The molecular formula is C19H24FN3O2. The summed E-state index contributed by atoms with van der Waals surface area (Å²) in [5.41, 5.74) is 4.12. The van der Waals surface area contributed by atoms with Gasteiger partial charge in [-0.25, -0.2) is 15.2 Å². The van der Waals surface area contributed by atoms with Crippen molar-refractivity contribution in [2.45, 2.75) is 44.3 Å². The first kappa shape index (κ1) is 17.6. The van der Waals surface area contributed by atoms with E-state index in [1.165, 1.54) is 12.1 Å². The maximum absolute atomic E-state index is 13.2. The lowest BCUT2D eigenvalue weighted by molar-refractivity contribution is -0.0650. The Labute approximate surface area is 147 Å². The summed E-state index contributed by atoms with van der Waals surface area (Å²) in [6.07, 6.45) is 5.16. The van der Waals surface area contributed by atoms with Gasteiger partial charge in [-0.2, -0.15) is 0 Å². The molecule has 25 heavy (non-hydrogen) atoms. The van der Waals surface area contributed by atoms with Crippen LogP contribution in [-0.4, -0.2) is 18.2 Å². The molecule has 1 aliphatic rings. The lowest BCUT2D eigenvalue weighted by atomic mass is 9.78. The van der Waals surface area contributed by atoms with Crippen LogP contribution in [-0.2, 0) is 10.3 Å². The van der Waals surface area contributed by atoms with Gasteiger partial charge in [-0.3, -0.25) is 0 Å². The third-order valence-electron chi connectivity index (χ3n) is 5.09. The average Bonchev–Trinajstić information content (AvgIpc) is 2.65. The van der Waals surface area contributed by atoms with Crippen molar-refractivity contribution >= 4 is 5.82 Å². The highest BCUT2D eigenvalue weighted by atomic mass is 19.1. The Hall–Kier alpha value is -2.18. The minimum absolute atomic E-state index is 0.107.